The van der Waals surface area contributed by atoms with Crippen LogP contribution in [0.15, 0.2) is 27.8 Å². The van der Waals surface area contributed by atoms with Gasteiger partial charge in [-0.1, -0.05) is 42.6 Å². The molecule has 1 aliphatic heterocycles. The number of rotatable bonds is 4. The van der Waals surface area contributed by atoms with Crippen molar-refractivity contribution < 1.29 is 4.79 Å². The van der Waals surface area contributed by atoms with E-state index in [1.165, 1.54) is 0 Å². The number of halogens is 1. The van der Waals surface area contributed by atoms with Gasteiger partial charge in [-0.15, -0.1) is 0 Å². The lowest BCUT2D eigenvalue weighted by atomic mass is 10.0. The van der Waals surface area contributed by atoms with Crippen molar-refractivity contribution in [2.45, 2.75) is 26.7 Å². The van der Waals surface area contributed by atoms with E-state index in [2.05, 4.69) is 34.9 Å². The molecule has 0 atom stereocenters. The van der Waals surface area contributed by atoms with Crippen molar-refractivity contribution >= 4 is 33.2 Å². The molecule has 102 valence electrons. The van der Waals surface area contributed by atoms with Crippen molar-refractivity contribution in [1.29, 1.82) is 0 Å². The number of nitrogens with two attached hydrogens (primary N) is 1. The molecule has 0 bridgehead atoms. The van der Waals surface area contributed by atoms with Crippen molar-refractivity contribution in [2.75, 3.05) is 11.4 Å². The number of benzene rings is 1. The molecule has 5 heteroatoms. The summed E-state index contributed by atoms with van der Waals surface area (Å²) in [5, 5.41) is 3.66. The first kappa shape index (κ1) is 14.1. The van der Waals surface area contributed by atoms with Crippen LogP contribution in [0.2, 0.25) is 0 Å². The molecular formula is C14H18BrN3O. The van der Waals surface area contributed by atoms with Gasteiger partial charge in [-0.05, 0) is 24.1 Å². The molecule has 0 fully saturated rings. The van der Waals surface area contributed by atoms with Gasteiger partial charge >= 0.3 is 0 Å². The molecular weight excluding hydrogens is 306 g/mol. The Kier molecular flexibility index (Phi) is 4.24. The van der Waals surface area contributed by atoms with Crippen LogP contribution in [0.3, 0.4) is 0 Å². The van der Waals surface area contributed by atoms with Crippen LogP contribution in [0.1, 0.15) is 32.3 Å². The third-order valence-corrected chi connectivity index (χ3v) is 4.17. The van der Waals surface area contributed by atoms with Crippen LogP contribution in [0.4, 0.5) is 5.69 Å². The maximum Gasteiger partial charge on any atom is 0.279 e. The first-order chi connectivity index (χ1) is 9.12. The van der Waals surface area contributed by atoms with Gasteiger partial charge in [0.25, 0.3) is 5.91 Å². The van der Waals surface area contributed by atoms with E-state index in [4.69, 9.17) is 5.84 Å². The van der Waals surface area contributed by atoms with Gasteiger partial charge in [0.2, 0.25) is 0 Å². The molecule has 1 aromatic rings. The summed E-state index contributed by atoms with van der Waals surface area (Å²) >= 11 is 3.41. The van der Waals surface area contributed by atoms with E-state index in [9.17, 15) is 4.79 Å². The Bertz CT molecular complexity index is 523. The van der Waals surface area contributed by atoms with E-state index in [0.29, 0.717) is 11.6 Å². The van der Waals surface area contributed by atoms with Crippen LogP contribution in [-0.4, -0.2) is 18.2 Å². The maximum atomic E-state index is 12.4. The molecule has 1 amide bonds. The molecule has 0 aromatic heterocycles. The van der Waals surface area contributed by atoms with Gasteiger partial charge in [-0.3, -0.25) is 4.79 Å². The predicted molar refractivity (Wildman–Crippen MR) is 81.3 cm³/mol. The number of hydrogen-bond acceptors (Lipinski definition) is 3. The fourth-order valence-corrected chi connectivity index (χ4v) is 2.76. The SMILES string of the molecule is CCC(CC)CN1C(=O)C(=NN)c2cc(Br)ccc21. The second-order valence-corrected chi connectivity index (χ2v) is 5.65. The minimum atomic E-state index is -0.0949. The Morgan fingerprint density at radius 2 is 2.05 bits per heavy atom. The number of carbonyl (C=O) groups is 1. The molecule has 0 aliphatic carbocycles. The zero-order valence-electron chi connectivity index (χ0n) is 11.2. The highest BCUT2D eigenvalue weighted by Crippen LogP contribution is 2.32. The second kappa shape index (κ2) is 5.74. The molecule has 1 heterocycles. The molecule has 0 radical (unpaired) electrons. The van der Waals surface area contributed by atoms with E-state index in [1.807, 2.05) is 18.2 Å². The predicted octanol–water partition coefficient (Wildman–Crippen LogP) is 2.89. The third-order valence-electron chi connectivity index (χ3n) is 3.68. The van der Waals surface area contributed by atoms with Gasteiger partial charge in [0.1, 0.15) is 0 Å². The van der Waals surface area contributed by atoms with Crippen LogP contribution < -0.4 is 10.7 Å². The van der Waals surface area contributed by atoms with Gasteiger partial charge < -0.3 is 10.7 Å². The molecule has 1 aliphatic rings. The van der Waals surface area contributed by atoms with Crippen molar-refractivity contribution in [3.63, 3.8) is 0 Å². The quantitative estimate of drug-likeness (QED) is 0.684. The fraction of sp³-hybridized carbons (Fsp3) is 0.429. The number of nitrogens with zero attached hydrogens (tertiary/aromatic N) is 2. The third kappa shape index (κ3) is 2.52. The first-order valence-electron chi connectivity index (χ1n) is 6.52. The molecule has 19 heavy (non-hydrogen) atoms. The fourth-order valence-electron chi connectivity index (χ4n) is 2.40. The second-order valence-electron chi connectivity index (χ2n) is 4.74. The highest BCUT2D eigenvalue weighted by atomic mass is 79.9. The standard InChI is InChI=1S/C14H18BrN3O/c1-3-9(4-2)8-18-12-6-5-10(15)7-11(12)13(17-16)14(18)19/h5-7,9H,3-4,8,16H2,1-2H3. The van der Waals surface area contributed by atoms with Crippen molar-refractivity contribution in [2.24, 2.45) is 16.9 Å². The number of amides is 1. The lowest BCUT2D eigenvalue weighted by Crippen LogP contribution is -2.34. The highest BCUT2D eigenvalue weighted by molar-refractivity contribution is 9.10. The summed E-state index contributed by atoms with van der Waals surface area (Å²) in [7, 11) is 0. The molecule has 0 spiro atoms. The lowest BCUT2D eigenvalue weighted by molar-refractivity contribution is -0.112. The van der Waals surface area contributed by atoms with Gasteiger partial charge in [-0.25, -0.2) is 0 Å². The molecule has 2 rings (SSSR count). The maximum absolute atomic E-state index is 12.4. The molecule has 4 nitrogen and oxygen atoms in total. The first-order valence-corrected chi connectivity index (χ1v) is 7.31. The number of fused-ring (bicyclic) bond motifs is 1. The smallest absolute Gasteiger partial charge is 0.279 e. The van der Waals surface area contributed by atoms with Gasteiger partial charge in [0.05, 0.1) is 5.69 Å². The summed E-state index contributed by atoms with van der Waals surface area (Å²) < 4.78 is 0.921. The van der Waals surface area contributed by atoms with Gasteiger partial charge in [0, 0.05) is 16.6 Å². The molecule has 1 aromatic carbocycles. The van der Waals surface area contributed by atoms with Crippen LogP contribution in [-0.2, 0) is 4.79 Å². The zero-order valence-corrected chi connectivity index (χ0v) is 12.8. The Labute approximate surface area is 121 Å². The number of anilines is 1. The average Bonchev–Trinajstić information content (AvgIpc) is 2.67. The average molecular weight is 324 g/mol. The number of hydrazone groups is 1. The molecule has 0 saturated carbocycles. The Morgan fingerprint density at radius 1 is 1.37 bits per heavy atom. The Morgan fingerprint density at radius 3 is 2.63 bits per heavy atom. The minimum absolute atomic E-state index is 0.0949. The largest absolute Gasteiger partial charge is 0.322 e. The summed E-state index contributed by atoms with van der Waals surface area (Å²) in [4.78, 5) is 14.2. The van der Waals surface area contributed by atoms with Crippen molar-refractivity contribution in [3.05, 3.63) is 28.2 Å². The summed E-state index contributed by atoms with van der Waals surface area (Å²) in [6, 6.07) is 5.77. The van der Waals surface area contributed by atoms with E-state index in [-0.39, 0.29) is 5.91 Å². The van der Waals surface area contributed by atoms with Crippen LogP contribution in [0, 0.1) is 5.92 Å². The van der Waals surface area contributed by atoms with E-state index >= 15 is 0 Å². The topological polar surface area (TPSA) is 58.7 Å². The van der Waals surface area contributed by atoms with Gasteiger partial charge in [0.15, 0.2) is 5.71 Å². The van der Waals surface area contributed by atoms with Crippen molar-refractivity contribution in [3.8, 4) is 0 Å². The Balaban J connectivity index is 2.40. The number of carbonyl (C=O) groups excluding carboxylic acids is 1. The van der Waals surface area contributed by atoms with E-state index < -0.39 is 0 Å². The zero-order chi connectivity index (χ0) is 14.0. The summed E-state index contributed by atoms with van der Waals surface area (Å²) in [6.07, 6.45) is 2.11. The van der Waals surface area contributed by atoms with E-state index in [1.54, 1.807) is 4.90 Å². The van der Waals surface area contributed by atoms with Crippen molar-refractivity contribution in [1.82, 2.24) is 0 Å². The molecule has 2 N–H and O–H groups in total. The molecule has 0 saturated heterocycles. The van der Waals surface area contributed by atoms with Crippen LogP contribution >= 0.6 is 15.9 Å². The van der Waals surface area contributed by atoms with Crippen LogP contribution in [0.25, 0.3) is 0 Å². The van der Waals surface area contributed by atoms with Crippen LogP contribution in [0.5, 0.6) is 0 Å². The normalized spacial score (nSPS) is 16.5. The number of hydrogen-bond donors (Lipinski definition) is 1. The lowest BCUT2D eigenvalue weighted by Gasteiger charge is -2.22. The summed E-state index contributed by atoms with van der Waals surface area (Å²) in [5.41, 5.74) is 2.07. The molecule has 0 unspecified atom stereocenters. The monoisotopic (exact) mass is 323 g/mol. The summed E-state index contributed by atoms with van der Waals surface area (Å²) in [5.74, 6) is 5.78. The Hall–Kier alpha value is -1.36. The minimum Gasteiger partial charge on any atom is -0.322 e. The van der Waals surface area contributed by atoms with E-state index in [0.717, 1.165) is 35.1 Å². The van der Waals surface area contributed by atoms with Gasteiger partial charge in [-0.2, -0.15) is 5.10 Å². The highest BCUT2D eigenvalue weighted by Gasteiger charge is 2.34. The summed E-state index contributed by atoms with van der Waals surface area (Å²) in [6.45, 7) is 5.02.